The number of benzene rings is 1. The molecule has 2 amide bonds. The molecule has 2 rings (SSSR count). The fourth-order valence-electron chi connectivity index (χ4n) is 2.11. The summed E-state index contributed by atoms with van der Waals surface area (Å²) in [5.74, 6) is 0. The first-order valence-corrected chi connectivity index (χ1v) is 7.57. The minimum absolute atomic E-state index is 0.0931. The lowest BCUT2D eigenvalue weighted by atomic mass is 10.1. The van der Waals surface area contributed by atoms with Gasteiger partial charge in [0.1, 0.15) is 0 Å². The third kappa shape index (κ3) is 3.95. The molecule has 1 heterocycles. The van der Waals surface area contributed by atoms with Crippen molar-refractivity contribution in [3.63, 3.8) is 0 Å². The zero-order valence-corrected chi connectivity index (χ0v) is 12.6. The molecule has 4 nitrogen and oxygen atoms in total. The van der Waals surface area contributed by atoms with Crippen LogP contribution in [0.3, 0.4) is 0 Å². The lowest BCUT2D eigenvalue weighted by Crippen LogP contribution is -2.42. The van der Waals surface area contributed by atoms with Crippen molar-refractivity contribution in [3.8, 4) is 0 Å². The van der Waals surface area contributed by atoms with Crippen molar-refractivity contribution in [2.45, 2.75) is 19.4 Å². The number of ether oxygens (including phenoxy) is 1. The Morgan fingerprint density at radius 2 is 2.20 bits per heavy atom. The van der Waals surface area contributed by atoms with Gasteiger partial charge < -0.3 is 15.4 Å². The van der Waals surface area contributed by atoms with Crippen LogP contribution in [0.1, 0.15) is 12.5 Å². The van der Waals surface area contributed by atoms with Gasteiger partial charge in [0, 0.05) is 24.4 Å². The molecular weight excluding hydrogens is 272 g/mol. The Morgan fingerprint density at radius 3 is 3.00 bits per heavy atom. The third-order valence-electron chi connectivity index (χ3n) is 3.06. The molecule has 1 atom stereocenters. The molecule has 0 saturated heterocycles. The maximum Gasteiger partial charge on any atom is 0.315 e. The number of carbonyl (C=O) groups is 1. The molecular formula is C15H20N2O2S. The second-order valence-corrected chi connectivity index (χ2v) is 5.67. The van der Waals surface area contributed by atoms with Crippen LogP contribution in [-0.2, 0) is 11.2 Å². The number of fused-ring (bicyclic) bond motifs is 1. The van der Waals surface area contributed by atoms with Gasteiger partial charge in [-0.25, -0.2) is 4.79 Å². The summed E-state index contributed by atoms with van der Waals surface area (Å²) in [7, 11) is 1.61. The number of amides is 2. The Bertz CT molecular complexity index is 568. The van der Waals surface area contributed by atoms with Crippen LogP contribution < -0.4 is 10.6 Å². The van der Waals surface area contributed by atoms with E-state index in [1.807, 2.05) is 19.1 Å². The molecule has 0 unspecified atom stereocenters. The van der Waals surface area contributed by atoms with E-state index in [2.05, 4.69) is 28.1 Å². The van der Waals surface area contributed by atoms with Gasteiger partial charge in [-0.05, 0) is 35.7 Å². The normalized spacial score (nSPS) is 12.3. The van der Waals surface area contributed by atoms with E-state index in [1.165, 1.54) is 15.6 Å². The van der Waals surface area contributed by atoms with Crippen LogP contribution in [-0.4, -0.2) is 32.3 Å². The molecule has 20 heavy (non-hydrogen) atoms. The summed E-state index contributed by atoms with van der Waals surface area (Å²) in [5.41, 5.74) is 1.29. The van der Waals surface area contributed by atoms with E-state index >= 15 is 0 Å². The van der Waals surface area contributed by atoms with E-state index in [0.717, 1.165) is 6.42 Å². The number of carbonyl (C=O) groups excluding carboxylic acids is 1. The first kappa shape index (κ1) is 14.8. The quantitative estimate of drug-likeness (QED) is 0.804. The van der Waals surface area contributed by atoms with Gasteiger partial charge in [-0.1, -0.05) is 18.2 Å². The molecule has 0 saturated carbocycles. The fourth-order valence-corrected chi connectivity index (χ4v) is 3.09. The highest BCUT2D eigenvalue weighted by atomic mass is 32.1. The Morgan fingerprint density at radius 1 is 1.40 bits per heavy atom. The van der Waals surface area contributed by atoms with Crippen LogP contribution in [0.5, 0.6) is 0 Å². The molecule has 0 radical (unpaired) electrons. The molecule has 0 aliphatic carbocycles. The molecule has 0 spiro atoms. The van der Waals surface area contributed by atoms with Gasteiger partial charge in [-0.2, -0.15) is 0 Å². The zero-order valence-electron chi connectivity index (χ0n) is 11.8. The number of thiophene rings is 1. The monoisotopic (exact) mass is 292 g/mol. The van der Waals surface area contributed by atoms with Crippen molar-refractivity contribution >= 4 is 27.5 Å². The smallest absolute Gasteiger partial charge is 0.315 e. The summed E-state index contributed by atoms with van der Waals surface area (Å²) in [5, 5.41) is 9.16. The Hall–Kier alpha value is -1.59. The van der Waals surface area contributed by atoms with Gasteiger partial charge in [0.25, 0.3) is 0 Å². The number of hydrogen-bond acceptors (Lipinski definition) is 3. The van der Waals surface area contributed by atoms with Crippen LogP contribution in [0.2, 0.25) is 0 Å². The molecule has 0 fully saturated rings. The van der Waals surface area contributed by atoms with E-state index in [4.69, 9.17) is 4.74 Å². The van der Waals surface area contributed by atoms with Crippen molar-refractivity contribution < 1.29 is 9.53 Å². The highest BCUT2D eigenvalue weighted by Crippen LogP contribution is 2.26. The molecule has 108 valence electrons. The number of urea groups is 1. The SMILES string of the molecule is COCCNC(=O)N[C@@H](C)Cc1csc2ccccc12. The van der Waals surface area contributed by atoms with Crippen molar-refractivity contribution in [1.29, 1.82) is 0 Å². The van der Waals surface area contributed by atoms with Gasteiger partial charge in [-0.3, -0.25) is 0 Å². The van der Waals surface area contributed by atoms with Crippen LogP contribution >= 0.6 is 11.3 Å². The molecule has 0 bridgehead atoms. The summed E-state index contributed by atoms with van der Waals surface area (Å²) in [6.07, 6.45) is 0.835. The number of nitrogens with one attached hydrogen (secondary N) is 2. The summed E-state index contributed by atoms with van der Waals surface area (Å²) in [4.78, 5) is 11.6. The topological polar surface area (TPSA) is 50.4 Å². The second-order valence-electron chi connectivity index (χ2n) is 4.76. The summed E-state index contributed by atoms with van der Waals surface area (Å²) < 4.78 is 6.18. The maximum atomic E-state index is 11.6. The largest absolute Gasteiger partial charge is 0.383 e. The van der Waals surface area contributed by atoms with Crippen LogP contribution in [0.15, 0.2) is 29.6 Å². The summed E-state index contributed by atoms with van der Waals surface area (Å²) in [6.45, 7) is 3.07. The molecule has 5 heteroatoms. The third-order valence-corrected chi connectivity index (χ3v) is 4.07. The molecule has 0 aliphatic rings. The van der Waals surface area contributed by atoms with Crippen LogP contribution in [0, 0.1) is 0 Å². The van der Waals surface area contributed by atoms with Gasteiger partial charge in [0.05, 0.1) is 6.61 Å². The van der Waals surface area contributed by atoms with Crippen molar-refractivity contribution in [1.82, 2.24) is 10.6 Å². The zero-order chi connectivity index (χ0) is 14.4. The van der Waals surface area contributed by atoms with Gasteiger partial charge >= 0.3 is 6.03 Å². The fraction of sp³-hybridized carbons (Fsp3) is 0.400. The van der Waals surface area contributed by atoms with E-state index in [-0.39, 0.29) is 12.1 Å². The first-order valence-electron chi connectivity index (χ1n) is 6.69. The Balaban J connectivity index is 1.88. The predicted molar refractivity (Wildman–Crippen MR) is 83.4 cm³/mol. The summed E-state index contributed by atoms with van der Waals surface area (Å²) >= 11 is 1.75. The second kappa shape index (κ2) is 7.26. The molecule has 1 aromatic carbocycles. The Kier molecular flexibility index (Phi) is 5.38. The highest BCUT2D eigenvalue weighted by Gasteiger charge is 2.10. The summed E-state index contributed by atoms with van der Waals surface area (Å²) in [6, 6.07) is 8.30. The molecule has 2 aromatic rings. The first-order chi connectivity index (χ1) is 9.70. The standard InChI is InChI=1S/C15H20N2O2S/c1-11(17-15(18)16-7-8-19-2)9-12-10-20-14-6-4-3-5-13(12)14/h3-6,10-11H,7-9H2,1-2H3,(H2,16,17,18)/t11-/m0/s1. The van der Waals surface area contributed by atoms with Crippen molar-refractivity contribution in [2.24, 2.45) is 0 Å². The van der Waals surface area contributed by atoms with Crippen LogP contribution in [0.25, 0.3) is 10.1 Å². The van der Waals surface area contributed by atoms with Crippen LogP contribution in [0.4, 0.5) is 4.79 Å². The predicted octanol–water partition coefficient (Wildman–Crippen LogP) is 2.78. The minimum Gasteiger partial charge on any atom is -0.383 e. The molecule has 2 N–H and O–H groups in total. The highest BCUT2D eigenvalue weighted by molar-refractivity contribution is 7.17. The molecule has 0 aliphatic heterocycles. The lowest BCUT2D eigenvalue weighted by Gasteiger charge is -2.14. The van der Waals surface area contributed by atoms with Gasteiger partial charge in [0.15, 0.2) is 0 Å². The van der Waals surface area contributed by atoms with Crippen molar-refractivity contribution in [2.75, 3.05) is 20.3 Å². The lowest BCUT2D eigenvalue weighted by molar-refractivity contribution is 0.195. The Labute approximate surface area is 123 Å². The van der Waals surface area contributed by atoms with Gasteiger partial charge in [-0.15, -0.1) is 11.3 Å². The van der Waals surface area contributed by atoms with E-state index in [1.54, 1.807) is 18.4 Å². The maximum absolute atomic E-state index is 11.6. The van der Waals surface area contributed by atoms with E-state index in [9.17, 15) is 4.79 Å². The average molecular weight is 292 g/mol. The van der Waals surface area contributed by atoms with Gasteiger partial charge in [0.2, 0.25) is 0 Å². The van der Waals surface area contributed by atoms with E-state index in [0.29, 0.717) is 13.2 Å². The van der Waals surface area contributed by atoms with Crippen molar-refractivity contribution in [3.05, 3.63) is 35.2 Å². The number of rotatable bonds is 6. The average Bonchev–Trinajstić information content (AvgIpc) is 2.82. The number of hydrogen-bond donors (Lipinski definition) is 2. The number of methoxy groups -OCH3 is 1. The minimum atomic E-state index is -0.144. The molecule has 1 aromatic heterocycles. The van der Waals surface area contributed by atoms with E-state index < -0.39 is 0 Å².